The molecule has 2 amide bonds. The SMILES string of the molecule is COC(=O)c1ccc(NC(=O)NC(c2nccn2C)C2CC2)cc1Cl. The molecule has 1 unspecified atom stereocenters. The second-order valence-corrected chi connectivity index (χ2v) is 6.40. The molecule has 2 N–H and O–H groups in total. The molecular weight excluding hydrogens is 344 g/mol. The molecule has 2 aromatic rings. The molecule has 1 aliphatic rings. The molecule has 1 fully saturated rings. The number of hydrogen-bond donors (Lipinski definition) is 2. The number of carbonyl (C=O) groups excluding carboxylic acids is 2. The Morgan fingerprint density at radius 3 is 2.72 bits per heavy atom. The summed E-state index contributed by atoms with van der Waals surface area (Å²) in [6.45, 7) is 0. The molecule has 8 heteroatoms. The minimum Gasteiger partial charge on any atom is -0.465 e. The number of rotatable bonds is 5. The summed E-state index contributed by atoms with van der Waals surface area (Å²) in [5, 5.41) is 5.92. The molecule has 0 radical (unpaired) electrons. The number of ether oxygens (including phenoxy) is 1. The molecule has 0 saturated heterocycles. The Morgan fingerprint density at radius 1 is 1.40 bits per heavy atom. The minimum absolute atomic E-state index is 0.134. The average molecular weight is 363 g/mol. The van der Waals surface area contributed by atoms with Gasteiger partial charge in [0, 0.05) is 25.1 Å². The number of amides is 2. The third-order valence-electron chi connectivity index (χ3n) is 4.15. The molecule has 0 bridgehead atoms. The number of nitrogens with one attached hydrogen (secondary N) is 2. The number of aromatic nitrogens is 2. The van der Waals surface area contributed by atoms with Crippen molar-refractivity contribution in [3.05, 3.63) is 47.0 Å². The Hall–Kier alpha value is -2.54. The third-order valence-corrected chi connectivity index (χ3v) is 4.46. The first kappa shape index (κ1) is 17.3. The fourth-order valence-corrected chi connectivity index (χ4v) is 2.93. The van der Waals surface area contributed by atoms with Crippen LogP contribution in [-0.4, -0.2) is 28.7 Å². The highest BCUT2D eigenvalue weighted by atomic mass is 35.5. The lowest BCUT2D eigenvalue weighted by Gasteiger charge is -2.18. The number of aryl methyl sites for hydroxylation is 1. The highest BCUT2D eigenvalue weighted by molar-refractivity contribution is 6.33. The molecule has 1 aromatic carbocycles. The lowest BCUT2D eigenvalue weighted by molar-refractivity contribution is 0.0601. The number of carbonyl (C=O) groups is 2. The largest absolute Gasteiger partial charge is 0.465 e. The Kier molecular flexibility index (Phi) is 4.94. The molecular formula is C17H19ClN4O3. The summed E-state index contributed by atoms with van der Waals surface area (Å²) in [5.41, 5.74) is 0.739. The number of halogens is 1. The molecule has 132 valence electrons. The highest BCUT2D eigenvalue weighted by Crippen LogP contribution is 2.40. The van der Waals surface area contributed by atoms with Crippen LogP contribution >= 0.6 is 11.6 Å². The van der Waals surface area contributed by atoms with Crippen LogP contribution < -0.4 is 10.6 Å². The van der Waals surface area contributed by atoms with E-state index in [1.807, 2.05) is 17.8 Å². The summed E-state index contributed by atoms with van der Waals surface area (Å²) in [6.07, 6.45) is 5.71. The standard InChI is InChI=1S/C17H19ClN4O3/c1-22-8-7-19-15(22)14(10-3-4-10)21-17(24)20-11-5-6-12(13(18)9-11)16(23)25-2/h5-10,14H,3-4H2,1-2H3,(H2,20,21,24). The number of hydrogen-bond acceptors (Lipinski definition) is 4. The third kappa shape index (κ3) is 3.93. The van der Waals surface area contributed by atoms with Gasteiger partial charge in [0.15, 0.2) is 0 Å². The first-order valence-electron chi connectivity index (χ1n) is 7.92. The zero-order valence-electron chi connectivity index (χ0n) is 14.0. The Labute approximate surface area is 150 Å². The summed E-state index contributed by atoms with van der Waals surface area (Å²) >= 11 is 6.07. The maximum Gasteiger partial charge on any atom is 0.339 e. The molecule has 0 spiro atoms. The molecule has 1 aromatic heterocycles. The van der Waals surface area contributed by atoms with Crippen LogP contribution in [0, 0.1) is 5.92 Å². The van der Waals surface area contributed by atoms with Gasteiger partial charge in [0.05, 0.1) is 23.7 Å². The quantitative estimate of drug-likeness (QED) is 0.800. The van der Waals surface area contributed by atoms with E-state index in [0.717, 1.165) is 18.7 Å². The number of methoxy groups -OCH3 is 1. The van der Waals surface area contributed by atoms with Crippen molar-refractivity contribution >= 4 is 29.3 Å². The smallest absolute Gasteiger partial charge is 0.339 e. The van der Waals surface area contributed by atoms with Crippen molar-refractivity contribution in [3.8, 4) is 0 Å². The van der Waals surface area contributed by atoms with Crippen LogP contribution in [0.1, 0.15) is 35.1 Å². The zero-order chi connectivity index (χ0) is 18.0. The van der Waals surface area contributed by atoms with Crippen LogP contribution in [0.2, 0.25) is 5.02 Å². The Bertz CT molecular complexity index is 801. The van der Waals surface area contributed by atoms with Gasteiger partial charge in [-0.25, -0.2) is 14.6 Å². The van der Waals surface area contributed by atoms with Crippen LogP contribution in [0.25, 0.3) is 0 Å². The van der Waals surface area contributed by atoms with Gasteiger partial charge in [-0.3, -0.25) is 0 Å². The summed E-state index contributed by atoms with van der Waals surface area (Å²) in [4.78, 5) is 28.2. The van der Waals surface area contributed by atoms with E-state index in [-0.39, 0.29) is 22.7 Å². The molecule has 1 saturated carbocycles. The number of nitrogens with zero attached hydrogens (tertiary/aromatic N) is 2. The van der Waals surface area contributed by atoms with Crippen molar-refractivity contribution in [2.75, 3.05) is 12.4 Å². The number of urea groups is 1. The van der Waals surface area contributed by atoms with Gasteiger partial charge < -0.3 is 19.9 Å². The predicted molar refractivity (Wildman–Crippen MR) is 93.6 cm³/mol. The van der Waals surface area contributed by atoms with E-state index in [9.17, 15) is 9.59 Å². The molecule has 7 nitrogen and oxygen atoms in total. The first-order chi connectivity index (χ1) is 12.0. The number of benzene rings is 1. The number of esters is 1. The summed E-state index contributed by atoms with van der Waals surface area (Å²) in [6, 6.07) is 4.15. The second-order valence-electron chi connectivity index (χ2n) is 6.00. The Morgan fingerprint density at radius 2 is 2.16 bits per heavy atom. The molecule has 0 aliphatic heterocycles. The van der Waals surface area contributed by atoms with Crippen molar-refractivity contribution in [1.29, 1.82) is 0 Å². The second kappa shape index (κ2) is 7.14. The van der Waals surface area contributed by atoms with E-state index in [2.05, 4.69) is 20.4 Å². The van der Waals surface area contributed by atoms with Crippen LogP contribution in [-0.2, 0) is 11.8 Å². The van der Waals surface area contributed by atoms with Crippen molar-refractivity contribution in [2.24, 2.45) is 13.0 Å². The van der Waals surface area contributed by atoms with Gasteiger partial charge in [0.25, 0.3) is 0 Å². The fraction of sp³-hybridized carbons (Fsp3) is 0.353. The van der Waals surface area contributed by atoms with E-state index >= 15 is 0 Å². The number of imidazole rings is 1. The monoisotopic (exact) mass is 362 g/mol. The molecule has 1 heterocycles. The van der Waals surface area contributed by atoms with Gasteiger partial charge in [0.2, 0.25) is 0 Å². The van der Waals surface area contributed by atoms with E-state index in [0.29, 0.717) is 11.6 Å². The molecule has 25 heavy (non-hydrogen) atoms. The normalized spacial score (nSPS) is 14.7. The van der Waals surface area contributed by atoms with Crippen LogP contribution in [0.5, 0.6) is 0 Å². The number of anilines is 1. The van der Waals surface area contributed by atoms with Gasteiger partial charge >= 0.3 is 12.0 Å². The van der Waals surface area contributed by atoms with Crippen molar-refractivity contribution in [2.45, 2.75) is 18.9 Å². The maximum atomic E-state index is 12.4. The lowest BCUT2D eigenvalue weighted by Crippen LogP contribution is -2.35. The molecule has 1 atom stereocenters. The minimum atomic E-state index is -0.524. The topological polar surface area (TPSA) is 85.2 Å². The van der Waals surface area contributed by atoms with E-state index in [4.69, 9.17) is 11.6 Å². The lowest BCUT2D eigenvalue weighted by atomic mass is 10.1. The molecule has 1 aliphatic carbocycles. The van der Waals surface area contributed by atoms with E-state index < -0.39 is 5.97 Å². The first-order valence-corrected chi connectivity index (χ1v) is 8.30. The van der Waals surface area contributed by atoms with Crippen molar-refractivity contribution in [3.63, 3.8) is 0 Å². The van der Waals surface area contributed by atoms with Gasteiger partial charge in [-0.2, -0.15) is 0 Å². The van der Waals surface area contributed by atoms with Crippen molar-refractivity contribution in [1.82, 2.24) is 14.9 Å². The van der Waals surface area contributed by atoms with Gasteiger partial charge in [-0.05, 0) is 37.0 Å². The van der Waals surface area contributed by atoms with Crippen LogP contribution in [0.4, 0.5) is 10.5 Å². The Balaban J connectivity index is 1.68. The van der Waals surface area contributed by atoms with E-state index in [1.165, 1.54) is 19.2 Å². The fourth-order valence-electron chi connectivity index (χ4n) is 2.68. The highest BCUT2D eigenvalue weighted by Gasteiger charge is 2.35. The van der Waals surface area contributed by atoms with Gasteiger partial charge in [-0.15, -0.1) is 0 Å². The van der Waals surface area contributed by atoms with Gasteiger partial charge in [0.1, 0.15) is 5.82 Å². The van der Waals surface area contributed by atoms with Crippen LogP contribution in [0.3, 0.4) is 0 Å². The van der Waals surface area contributed by atoms with Crippen LogP contribution in [0.15, 0.2) is 30.6 Å². The summed E-state index contributed by atoms with van der Waals surface area (Å²) < 4.78 is 6.55. The van der Waals surface area contributed by atoms with Gasteiger partial charge in [-0.1, -0.05) is 11.6 Å². The summed E-state index contributed by atoms with van der Waals surface area (Å²) in [7, 11) is 3.19. The van der Waals surface area contributed by atoms with Crippen molar-refractivity contribution < 1.29 is 14.3 Å². The predicted octanol–water partition coefficient (Wildman–Crippen LogP) is 3.13. The maximum absolute atomic E-state index is 12.4. The van der Waals surface area contributed by atoms with E-state index in [1.54, 1.807) is 12.3 Å². The molecule has 3 rings (SSSR count). The average Bonchev–Trinajstić information content (AvgIpc) is 3.33. The summed E-state index contributed by atoms with van der Waals surface area (Å²) in [5.74, 6) is 0.707. The zero-order valence-corrected chi connectivity index (χ0v) is 14.7.